The van der Waals surface area contributed by atoms with E-state index in [1.807, 2.05) is 13.8 Å². The number of rotatable bonds is 20. The van der Waals surface area contributed by atoms with E-state index in [2.05, 4.69) is 9.97 Å². The molecule has 0 saturated carbocycles. The fourth-order valence-corrected chi connectivity index (χ4v) is 9.56. The highest BCUT2D eigenvalue weighted by Gasteiger charge is 2.48. The SMILES string of the molecule is C[18O][13C](=[18O])CCc1c(C[13C](=[18O])[18O]C)c2cc3nc(cc4nc(cc5[nH]c(cc1[nH]2)c(CC[13C](=[18O])[18O]C)c5C[13C](=[18O])[18O]C)[C@@](C)(C[13C](=[18O])[18O]C)[C@@H]4CC[13C](=[18O])[18O]C)[C@@](C)(C[13C](=[18O])[18O]C)[C@@H]3CC[13C](=[18O])[18O]C. The molecule has 2 aliphatic heterocycles. The summed E-state index contributed by atoms with van der Waals surface area (Å²) in [6.45, 7) is 3.63. The van der Waals surface area contributed by atoms with E-state index in [0.717, 1.165) is 0 Å². The number of aromatic amines is 2. The summed E-state index contributed by atoms with van der Waals surface area (Å²) in [5, 5.41) is 0. The van der Waals surface area contributed by atoms with Gasteiger partial charge in [0.1, 0.15) is 0 Å². The molecule has 3 aromatic rings. The van der Waals surface area contributed by atoms with Gasteiger partial charge < -0.3 is 47.9 Å². The molecule has 0 fully saturated rings. The van der Waals surface area contributed by atoms with Gasteiger partial charge in [-0.15, -0.1) is 0 Å². The second-order valence-electron chi connectivity index (χ2n) is 17.6. The van der Waals surface area contributed by atoms with Crippen molar-refractivity contribution in [3.8, 4) is 0 Å². The number of ether oxygens (including phenoxy) is 8. The highest BCUT2D eigenvalue weighted by Crippen LogP contribution is 2.51. The van der Waals surface area contributed by atoms with Gasteiger partial charge in [-0.1, -0.05) is 13.8 Å². The van der Waals surface area contributed by atoms with Gasteiger partial charge in [-0.3, -0.25) is 48.3 Å². The first-order valence-corrected chi connectivity index (χ1v) is 22.7. The monoisotopic (exact) mass is 1010 g/mol. The van der Waals surface area contributed by atoms with Crippen molar-refractivity contribution in [2.45, 2.75) is 114 Å². The van der Waals surface area contributed by atoms with Crippen LogP contribution >= 0.6 is 0 Å². The quantitative estimate of drug-likeness (QED) is 0.0647. The Morgan fingerprint density at radius 2 is 0.757 bits per heavy atom. The Labute approximate surface area is 404 Å². The summed E-state index contributed by atoms with van der Waals surface area (Å²) in [6.07, 6.45) is -0.961. The highest BCUT2D eigenvalue weighted by atomic mass is 18.4. The standard InChI is InChI=1S/C50H62N4O16/c1-49(25-47(61)69-9)31(13-17-43(57)65-5)37-22-35-29(19-45(59)67-7)27(11-15-41(55)63-3)33(51-35)21-34-28(12-16-42(56)64-4)30(20-46(60)68-8)36(52-34)23-39-50(2,26-48(62)70-10)32(14-18-44(58)66-6)38(54-39)24-40(49)53-37/h21-24,31-32,51-52H,11-20,25-26H2,1-10H3/t31-,32-,49+,50+/m1/s1/i41+1,42+1,43+1,44+1,45+1,46+1,47+1,48+1,55+2,56+2,57+2,58+2,59+2,60+2,61+2,62+2,63+2,64+2,65+2,66+2,67+2,68+2,69+2,70+2. The smallest absolute Gasteiger partial charge is 0.310 e. The van der Waals surface area contributed by atoms with Crippen LogP contribution in [-0.4, -0.2) is 125 Å². The summed E-state index contributed by atoms with van der Waals surface area (Å²) in [5.74, 6) is -5.85. The van der Waals surface area contributed by atoms with Gasteiger partial charge in [0.2, 0.25) is 0 Å². The number of methoxy groups -OCH3 is 8. The Hall–Kier alpha value is -7.12. The molecule has 70 heavy (non-hydrogen) atoms. The van der Waals surface area contributed by atoms with E-state index in [0.29, 0.717) is 67.1 Å². The Kier molecular flexibility index (Phi) is 18.0. The lowest BCUT2D eigenvalue weighted by atomic mass is 9.70. The number of aryl methyl sites for hydroxylation is 2. The van der Waals surface area contributed by atoms with E-state index in [1.54, 1.807) is 24.3 Å². The third-order valence-electron chi connectivity index (χ3n) is 13.6. The number of carbonyl (C=O) groups excluding carboxylic acids is 8. The van der Waals surface area contributed by atoms with Crippen molar-refractivity contribution in [1.29, 1.82) is 0 Å². The number of nitrogens with zero attached hydrogens (tertiary/aromatic N) is 2. The van der Waals surface area contributed by atoms with Crippen LogP contribution in [0.25, 0.3) is 22.1 Å². The van der Waals surface area contributed by atoms with Gasteiger partial charge in [-0.2, -0.15) is 0 Å². The Bertz CT molecular complexity index is 2690. The van der Waals surface area contributed by atoms with E-state index < -0.39 is 70.4 Å². The summed E-state index contributed by atoms with van der Waals surface area (Å²) >= 11 is 0. The third kappa shape index (κ3) is 12.0. The molecule has 0 aliphatic carbocycles. The lowest BCUT2D eigenvalue weighted by molar-refractivity contribution is -0.143. The second kappa shape index (κ2) is 23.5. The molecule has 0 radical (unpaired) electrons. The molecule has 0 amide bonds. The fraction of sp³-hybridized carbons (Fsp3) is 0.520. The summed E-state index contributed by atoms with van der Waals surface area (Å²) in [6, 6.07) is 6.88. The zero-order valence-electron chi connectivity index (χ0n) is 41.4. The number of nitrogens with one attached hydrogen (secondary N) is 2. The largest absolute Gasteiger partial charge is 0.469 e. The average Bonchev–Trinajstić information content (AvgIpc) is 4.00. The fourth-order valence-electron chi connectivity index (χ4n) is 9.56. The molecular formula is C50H62N4O16. The first kappa shape index (κ1) is 53.8. The number of hydrogen-bond acceptors (Lipinski definition) is 18. The molecular weight excluding hydrogens is 953 g/mol. The van der Waals surface area contributed by atoms with E-state index in [9.17, 15) is 38.4 Å². The lowest BCUT2D eigenvalue weighted by Crippen LogP contribution is -2.32. The lowest BCUT2D eigenvalue weighted by Gasteiger charge is -2.32. The van der Waals surface area contributed by atoms with Crippen LogP contribution in [0.15, 0.2) is 24.3 Å². The summed E-state index contributed by atoms with van der Waals surface area (Å²) < 4.78 is 40.9. The van der Waals surface area contributed by atoms with Crippen molar-refractivity contribution in [1.82, 2.24) is 19.9 Å². The van der Waals surface area contributed by atoms with Gasteiger partial charge >= 0.3 is 47.8 Å². The molecule has 4 atom stereocenters. The normalized spacial score (nSPS) is 18.3. The van der Waals surface area contributed by atoms with Gasteiger partial charge in [0, 0.05) is 93.2 Å². The predicted octanol–water partition coefficient (Wildman–Crippen LogP) is 5.07. The number of fused-ring (bicyclic) bond motifs is 8. The molecule has 0 aromatic carbocycles. The number of H-pyrrole nitrogens is 2. The van der Waals surface area contributed by atoms with Gasteiger partial charge in [0.15, 0.2) is 0 Å². The molecule has 8 bridgehead atoms. The minimum Gasteiger partial charge on any atom is -0.469 e. The molecule has 2 N–H and O–H groups in total. The minimum absolute atomic E-state index is 0.0654. The highest BCUT2D eigenvalue weighted by molar-refractivity contribution is 5.87. The first-order chi connectivity index (χ1) is 33.3. The molecule has 20 heteroatoms. The maximum absolute atomic E-state index is 13.5. The van der Waals surface area contributed by atoms with Crippen LogP contribution in [0, 0.1) is 0 Å². The van der Waals surface area contributed by atoms with Crippen molar-refractivity contribution in [2.75, 3.05) is 56.9 Å². The van der Waals surface area contributed by atoms with Gasteiger partial charge in [0.05, 0.1) is 82.6 Å². The van der Waals surface area contributed by atoms with Crippen LogP contribution in [0.3, 0.4) is 0 Å². The van der Waals surface area contributed by atoms with E-state index >= 15 is 0 Å². The third-order valence-corrected chi connectivity index (χ3v) is 13.6. The number of hydrogen-bond donors (Lipinski definition) is 2. The van der Waals surface area contributed by atoms with Crippen molar-refractivity contribution in [3.63, 3.8) is 0 Å². The van der Waals surface area contributed by atoms with E-state index in [1.165, 1.54) is 56.9 Å². The zero-order valence-corrected chi connectivity index (χ0v) is 41.4. The van der Waals surface area contributed by atoms with Crippen molar-refractivity contribution >= 4 is 69.8 Å². The molecule has 0 spiro atoms. The van der Waals surface area contributed by atoms with Crippen LogP contribution in [0.4, 0.5) is 0 Å². The molecule has 378 valence electrons. The molecule has 0 saturated heterocycles. The average molecular weight is 1010 g/mol. The van der Waals surface area contributed by atoms with Crippen LogP contribution in [0.1, 0.15) is 122 Å². The van der Waals surface area contributed by atoms with Crippen LogP contribution in [-0.2, 0) is 113 Å². The zero-order chi connectivity index (χ0) is 51.5. The molecule has 2 aliphatic rings. The first-order valence-electron chi connectivity index (χ1n) is 22.7. The Morgan fingerprint density at radius 3 is 1.14 bits per heavy atom. The number of esters is 8. The Balaban J connectivity index is 2.12. The van der Waals surface area contributed by atoms with Crippen LogP contribution in [0.5, 0.6) is 0 Å². The Morgan fingerprint density at radius 1 is 0.429 bits per heavy atom. The molecule has 5 rings (SSSR count). The number of carbonyl (C=O) groups is 8. The molecule has 20 nitrogen and oxygen atoms in total. The van der Waals surface area contributed by atoms with Gasteiger partial charge in [-0.05, 0) is 72.2 Å². The topological polar surface area (TPSA) is 268 Å². The molecule has 5 heterocycles. The summed E-state index contributed by atoms with van der Waals surface area (Å²) in [4.78, 5) is 122. The molecule has 0 unspecified atom stereocenters. The van der Waals surface area contributed by atoms with Crippen molar-refractivity contribution < 1.29 is 76.3 Å². The van der Waals surface area contributed by atoms with Gasteiger partial charge in [0.25, 0.3) is 0 Å². The summed E-state index contributed by atoms with van der Waals surface area (Å²) in [7, 11) is 10.1. The predicted molar refractivity (Wildman–Crippen MR) is 249 cm³/mol. The molecule has 3 aromatic heterocycles. The van der Waals surface area contributed by atoms with Crippen LogP contribution < -0.4 is 0 Å². The maximum atomic E-state index is 13.5. The van der Waals surface area contributed by atoms with Crippen molar-refractivity contribution in [2.24, 2.45) is 0 Å². The minimum atomic E-state index is -1.21. The maximum Gasteiger partial charge on any atom is 0.310 e. The number of aromatic nitrogens is 4. The van der Waals surface area contributed by atoms with E-state index in [-0.39, 0.29) is 77.0 Å². The van der Waals surface area contributed by atoms with E-state index in [4.69, 9.17) is 47.9 Å². The second-order valence-corrected chi connectivity index (χ2v) is 17.6. The van der Waals surface area contributed by atoms with Crippen molar-refractivity contribution in [3.05, 3.63) is 69.3 Å². The van der Waals surface area contributed by atoms with Crippen LogP contribution in [0.2, 0.25) is 0 Å². The van der Waals surface area contributed by atoms with Gasteiger partial charge in [-0.25, -0.2) is 0 Å². The summed E-state index contributed by atoms with van der Waals surface area (Å²) in [5.41, 5.74) is 2.57.